The fraction of sp³-hybridized carbons (Fsp3) is 0.556. The van der Waals surface area contributed by atoms with Crippen LogP contribution < -0.4 is 11.4 Å². The Morgan fingerprint density at radius 1 is 1.69 bits per heavy atom. The summed E-state index contributed by atoms with van der Waals surface area (Å²) in [5.74, 6) is 0.118. The van der Waals surface area contributed by atoms with E-state index in [9.17, 15) is 9.90 Å². The lowest BCUT2D eigenvalue weighted by Gasteiger charge is -2.16. The smallest absolute Gasteiger partial charge is 0.351 e. The number of aliphatic hydroxyl groups excluding tert-OH is 2. The summed E-state index contributed by atoms with van der Waals surface area (Å²) in [5.41, 5.74) is 4.77. The molecule has 88 valence electrons. The maximum Gasteiger partial charge on any atom is 0.351 e. The average Bonchev–Trinajstić information content (AvgIpc) is 2.60. The van der Waals surface area contributed by atoms with Crippen LogP contribution in [0, 0.1) is 0 Å². The highest BCUT2D eigenvalue weighted by atomic mass is 16.5. The molecule has 0 spiro atoms. The van der Waals surface area contributed by atoms with Gasteiger partial charge in [0.05, 0.1) is 12.7 Å². The van der Waals surface area contributed by atoms with Crippen LogP contribution >= 0.6 is 0 Å². The van der Waals surface area contributed by atoms with Crippen LogP contribution in [0.2, 0.25) is 0 Å². The zero-order valence-corrected chi connectivity index (χ0v) is 8.48. The van der Waals surface area contributed by atoms with E-state index < -0.39 is 24.1 Å². The number of nitrogens with zero attached hydrogens (tertiary/aromatic N) is 2. The molecule has 1 saturated heterocycles. The lowest BCUT2D eigenvalue weighted by atomic mass is 10.2. The van der Waals surface area contributed by atoms with Crippen molar-refractivity contribution in [2.24, 2.45) is 0 Å². The van der Waals surface area contributed by atoms with Crippen molar-refractivity contribution >= 4 is 5.82 Å². The SMILES string of the molecule is Nc1ccn([C@@H]2OC(CO)CC2O)c(=O)n1. The van der Waals surface area contributed by atoms with Gasteiger partial charge in [-0.2, -0.15) is 4.98 Å². The fourth-order valence-electron chi connectivity index (χ4n) is 1.72. The van der Waals surface area contributed by atoms with Gasteiger partial charge in [0.1, 0.15) is 11.9 Å². The normalized spacial score (nSPS) is 29.5. The second kappa shape index (κ2) is 4.20. The second-order valence-electron chi connectivity index (χ2n) is 3.68. The molecule has 1 aliphatic rings. The zero-order chi connectivity index (χ0) is 11.7. The molecule has 7 heteroatoms. The van der Waals surface area contributed by atoms with E-state index in [1.54, 1.807) is 0 Å². The van der Waals surface area contributed by atoms with Crippen molar-refractivity contribution in [1.82, 2.24) is 9.55 Å². The number of ether oxygens (including phenoxy) is 1. The number of hydrogen-bond donors (Lipinski definition) is 3. The Morgan fingerprint density at radius 2 is 2.44 bits per heavy atom. The third-order valence-corrected chi connectivity index (χ3v) is 2.49. The van der Waals surface area contributed by atoms with Crippen LogP contribution in [0.5, 0.6) is 0 Å². The number of aromatic nitrogens is 2. The van der Waals surface area contributed by atoms with Crippen molar-refractivity contribution in [3.8, 4) is 0 Å². The van der Waals surface area contributed by atoms with Crippen LogP contribution in [0.25, 0.3) is 0 Å². The van der Waals surface area contributed by atoms with Gasteiger partial charge in [-0.25, -0.2) is 4.79 Å². The van der Waals surface area contributed by atoms with E-state index in [1.807, 2.05) is 0 Å². The maximum atomic E-state index is 11.5. The van der Waals surface area contributed by atoms with Crippen molar-refractivity contribution in [3.05, 3.63) is 22.7 Å². The number of anilines is 1. The topological polar surface area (TPSA) is 111 Å². The van der Waals surface area contributed by atoms with Crippen LogP contribution in [0.15, 0.2) is 17.1 Å². The molecule has 1 aliphatic heterocycles. The molecule has 0 radical (unpaired) electrons. The summed E-state index contributed by atoms with van der Waals surface area (Å²) in [6.45, 7) is -0.190. The van der Waals surface area contributed by atoms with Crippen molar-refractivity contribution < 1.29 is 14.9 Å². The number of aliphatic hydroxyl groups is 2. The first-order valence-electron chi connectivity index (χ1n) is 4.91. The molecule has 1 aromatic heterocycles. The third kappa shape index (κ3) is 1.92. The Balaban J connectivity index is 2.28. The summed E-state index contributed by atoms with van der Waals surface area (Å²) in [6, 6.07) is 1.45. The first-order valence-corrected chi connectivity index (χ1v) is 4.91. The van der Waals surface area contributed by atoms with Crippen LogP contribution in [0.3, 0.4) is 0 Å². The van der Waals surface area contributed by atoms with Crippen LogP contribution in [-0.4, -0.2) is 38.6 Å². The summed E-state index contributed by atoms with van der Waals surface area (Å²) in [6.07, 6.45) is -0.390. The number of nitrogens with two attached hydrogens (primary N) is 1. The Labute approximate surface area is 91.1 Å². The van der Waals surface area contributed by atoms with Crippen molar-refractivity contribution in [2.75, 3.05) is 12.3 Å². The summed E-state index contributed by atoms with van der Waals surface area (Å²) in [5, 5.41) is 18.6. The highest BCUT2D eigenvalue weighted by molar-refractivity contribution is 5.23. The van der Waals surface area contributed by atoms with Gasteiger partial charge in [0, 0.05) is 12.6 Å². The Bertz CT molecular complexity index is 433. The van der Waals surface area contributed by atoms with Gasteiger partial charge in [-0.1, -0.05) is 0 Å². The third-order valence-electron chi connectivity index (χ3n) is 2.49. The first-order chi connectivity index (χ1) is 7.61. The van der Waals surface area contributed by atoms with Gasteiger partial charge in [-0.3, -0.25) is 4.57 Å². The molecular formula is C9H13N3O4. The molecule has 0 aromatic carbocycles. The van der Waals surface area contributed by atoms with Crippen LogP contribution in [0.1, 0.15) is 12.6 Å². The summed E-state index contributed by atoms with van der Waals surface area (Å²) in [7, 11) is 0. The molecule has 2 heterocycles. The lowest BCUT2D eigenvalue weighted by Crippen LogP contribution is -2.31. The van der Waals surface area contributed by atoms with E-state index in [4.69, 9.17) is 15.6 Å². The highest BCUT2D eigenvalue weighted by Gasteiger charge is 2.35. The standard InChI is InChI=1S/C9H13N3O4/c10-7-1-2-12(9(15)11-7)8-6(14)3-5(4-13)16-8/h1-2,5-6,8,13-14H,3-4H2,(H2,10,11,15)/t5?,6?,8-/m1/s1. The van der Waals surface area contributed by atoms with E-state index in [1.165, 1.54) is 12.3 Å². The molecule has 1 fully saturated rings. The number of nitrogen functional groups attached to an aromatic ring is 1. The largest absolute Gasteiger partial charge is 0.394 e. The highest BCUT2D eigenvalue weighted by Crippen LogP contribution is 2.27. The molecule has 3 atom stereocenters. The minimum Gasteiger partial charge on any atom is -0.394 e. The van der Waals surface area contributed by atoms with Crippen LogP contribution in [-0.2, 0) is 4.74 Å². The minimum absolute atomic E-state index is 0.118. The molecule has 4 N–H and O–H groups in total. The molecule has 2 unspecified atom stereocenters. The predicted molar refractivity (Wildman–Crippen MR) is 54.5 cm³/mol. The first kappa shape index (κ1) is 11.1. The summed E-state index contributed by atoms with van der Waals surface area (Å²) < 4.78 is 6.48. The van der Waals surface area contributed by atoms with Gasteiger partial charge >= 0.3 is 5.69 Å². The molecule has 1 aromatic rings. The van der Waals surface area contributed by atoms with E-state index >= 15 is 0 Å². The molecule has 0 aliphatic carbocycles. The van der Waals surface area contributed by atoms with Crippen molar-refractivity contribution in [3.63, 3.8) is 0 Å². The number of rotatable bonds is 2. The van der Waals surface area contributed by atoms with Gasteiger partial charge < -0.3 is 20.7 Å². The minimum atomic E-state index is -0.833. The average molecular weight is 227 g/mol. The monoisotopic (exact) mass is 227 g/mol. The van der Waals surface area contributed by atoms with Crippen LogP contribution in [0.4, 0.5) is 5.82 Å². The van der Waals surface area contributed by atoms with Crippen molar-refractivity contribution in [2.45, 2.75) is 24.9 Å². The molecule has 16 heavy (non-hydrogen) atoms. The molecule has 2 rings (SSSR count). The predicted octanol–water partition coefficient (Wildman–Crippen LogP) is -1.53. The van der Waals surface area contributed by atoms with Gasteiger partial charge in [0.25, 0.3) is 0 Å². The van der Waals surface area contributed by atoms with Crippen molar-refractivity contribution in [1.29, 1.82) is 0 Å². The number of hydrogen-bond acceptors (Lipinski definition) is 6. The lowest BCUT2D eigenvalue weighted by molar-refractivity contribution is -0.0529. The van der Waals surface area contributed by atoms with Gasteiger partial charge in [-0.15, -0.1) is 0 Å². The summed E-state index contributed by atoms with van der Waals surface area (Å²) in [4.78, 5) is 15.0. The molecule has 0 bridgehead atoms. The molecule has 7 nitrogen and oxygen atoms in total. The quantitative estimate of drug-likeness (QED) is 0.565. The molecule has 0 amide bonds. The maximum absolute atomic E-state index is 11.5. The van der Waals surface area contributed by atoms with E-state index in [-0.39, 0.29) is 18.8 Å². The zero-order valence-electron chi connectivity index (χ0n) is 8.48. The van der Waals surface area contributed by atoms with E-state index in [0.29, 0.717) is 0 Å². The fourth-order valence-corrected chi connectivity index (χ4v) is 1.72. The Kier molecular flexibility index (Phi) is 2.90. The second-order valence-corrected chi connectivity index (χ2v) is 3.68. The van der Waals surface area contributed by atoms with Gasteiger partial charge in [0.2, 0.25) is 0 Å². The summed E-state index contributed by atoms with van der Waals surface area (Å²) >= 11 is 0. The Hall–Kier alpha value is -1.44. The van der Waals surface area contributed by atoms with E-state index in [0.717, 1.165) is 4.57 Å². The molecule has 0 saturated carbocycles. The van der Waals surface area contributed by atoms with Gasteiger partial charge in [-0.05, 0) is 6.07 Å². The van der Waals surface area contributed by atoms with E-state index in [2.05, 4.69) is 4.98 Å². The Morgan fingerprint density at radius 3 is 3.00 bits per heavy atom. The van der Waals surface area contributed by atoms with Gasteiger partial charge in [0.15, 0.2) is 6.23 Å². The molecular weight excluding hydrogens is 214 g/mol.